The highest BCUT2D eigenvalue weighted by atomic mass is 32.2. The van der Waals surface area contributed by atoms with E-state index in [0.29, 0.717) is 0 Å². The van der Waals surface area contributed by atoms with Gasteiger partial charge in [0.2, 0.25) is 0 Å². The lowest BCUT2D eigenvalue weighted by Gasteiger charge is -2.17. The highest BCUT2D eigenvalue weighted by Crippen LogP contribution is 2.26. The zero-order valence-corrected chi connectivity index (χ0v) is 10.9. The molecule has 1 unspecified atom stereocenters. The fraction of sp³-hybridized carbons (Fsp3) is 0.700. The van der Waals surface area contributed by atoms with Gasteiger partial charge in [0.05, 0.1) is 25.0 Å². The number of hydrogen-bond acceptors (Lipinski definition) is 5. The monoisotopic (exact) mass is 244 g/mol. The van der Waals surface area contributed by atoms with Crippen molar-refractivity contribution in [2.75, 3.05) is 19.1 Å². The Kier molecular flexibility index (Phi) is 5.65. The minimum Gasteiger partial charge on any atom is -0.493 e. The average molecular weight is 244 g/mol. The lowest BCUT2D eigenvalue weighted by molar-refractivity contribution is 0.396. The molecule has 1 rings (SSSR count). The maximum atomic E-state index is 5.58. The summed E-state index contributed by atoms with van der Waals surface area (Å²) in [5.41, 5.74) is 3.85. The number of nitrogens with one attached hydrogen (secondary N) is 1. The lowest BCUT2D eigenvalue weighted by Crippen LogP contribution is -2.31. The van der Waals surface area contributed by atoms with Crippen molar-refractivity contribution < 1.29 is 4.74 Å². The van der Waals surface area contributed by atoms with E-state index >= 15 is 0 Å². The van der Waals surface area contributed by atoms with E-state index in [-0.39, 0.29) is 6.04 Å². The van der Waals surface area contributed by atoms with Crippen LogP contribution >= 0.6 is 11.8 Å². The summed E-state index contributed by atoms with van der Waals surface area (Å²) in [6.45, 7) is 3.00. The Morgan fingerprint density at radius 3 is 2.94 bits per heavy atom. The predicted molar refractivity (Wildman–Crippen MR) is 67.5 cm³/mol. The van der Waals surface area contributed by atoms with Gasteiger partial charge >= 0.3 is 0 Å². The minimum absolute atomic E-state index is 0.0685. The molecule has 16 heavy (non-hydrogen) atoms. The van der Waals surface area contributed by atoms with Gasteiger partial charge in [0.1, 0.15) is 0 Å². The number of nitrogens with two attached hydrogens (primary N) is 1. The molecule has 0 saturated heterocycles. The first-order valence-electron chi connectivity index (χ1n) is 5.33. The van der Waals surface area contributed by atoms with Crippen molar-refractivity contribution in [1.29, 1.82) is 0 Å². The van der Waals surface area contributed by atoms with Gasteiger partial charge in [-0.15, -0.1) is 0 Å². The number of hydrogen-bond donors (Lipinski definition) is 2. The molecule has 6 heteroatoms. The third-order valence-corrected chi connectivity index (χ3v) is 3.03. The van der Waals surface area contributed by atoms with Gasteiger partial charge in [-0.3, -0.25) is 16.0 Å². The number of aromatic nitrogens is 2. The Morgan fingerprint density at radius 1 is 1.69 bits per heavy atom. The first kappa shape index (κ1) is 13.3. The summed E-state index contributed by atoms with van der Waals surface area (Å²) in [5, 5.41) is 4.31. The molecule has 5 nitrogen and oxygen atoms in total. The average Bonchev–Trinajstić information content (AvgIpc) is 2.69. The number of hydrazine groups is 1. The molecule has 0 fully saturated rings. The lowest BCUT2D eigenvalue weighted by atomic mass is 10.2. The SMILES string of the molecule is CCCn1ncc(OC)c1C(CSC)NN. The molecule has 0 saturated carbocycles. The summed E-state index contributed by atoms with van der Waals surface area (Å²) in [7, 11) is 1.66. The maximum Gasteiger partial charge on any atom is 0.161 e. The van der Waals surface area contributed by atoms with Gasteiger partial charge in [-0.25, -0.2) is 0 Å². The zero-order valence-electron chi connectivity index (χ0n) is 10.1. The number of rotatable bonds is 7. The zero-order chi connectivity index (χ0) is 12.0. The fourth-order valence-electron chi connectivity index (χ4n) is 1.65. The van der Waals surface area contributed by atoms with E-state index in [0.717, 1.165) is 30.2 Å². The summed E-state index contributed by atoms with van der Waals surface area (Å²) < 4.78 is 7.27. The van der Waals surface area contributed by atoms with Crippen molar-refractivity contribution in [1.82, 2.24) is 15.2 Å². The van der Waals surface area contributed by atoms with E-state index < -0.39 is 0 Å². The van der Waals surface area contributed by atoms with E-state index in [1.807, 2.05) is 4.68 Å². The second kappa shape index (κ2) is 6.78. The summed E-state index contributed by atoms with van der Waals surface area (Å²) in [6, 6.07) is 0.0685. The molecule has 0 bridgehead atoms. The smallest absolute Gasteiger partial charge is 0.161 e. The van der Waals surface area contributed by atoms with E-state index in [4.69, 9.17) is 10.6 Å². The molecule has 0 aliphatic carbocycles. The Labute approximate surface area is 101 Å². The first-order chi connectivity index (χ1) is 7.78. The largest absolute Gasteiger partial charge is 0.493 e. The van der Waals surface area contributed by atoms with Gasteiger partial charge in [-0.1, -0.05) is 6.92 Å². The molecule has 0 radical (unpaired) electrons. The Morgan fingerprint density at radius 2 is 2.44 bits per heavy atom. The fourth-order valence-corrected chi connectivity index (χ4v) is 2.24. The van der Waals surface area contributed by atoms with Crippen molar-refractivity contribution >= 4 is 11.8 Å². The summed E-state index contributed by atoms with van der Waals surface area (Å²) in [4.78, 5) is 0. The molecule has 0 amide bonds. The molecule has 0 aromatic carbocycles. The molecular weight excluding hydrogens is 224 g/mol. The van der Waals surface area contributed by atoms with Crippen LogP contribution in [-0.2, 0) is 6.54 Å². The van der Waals surface area contributed by atoms with Crippen LogP contribution < -0.4 is 16.0 Å². The number of nitrogens with zero attached hydrogens (tertiary/aromatic N) is 2. The minimum atomic E-state index is 0.0685. The Hall–Kier alpha value is -0.720. The molecule has 1 heterocycles. The standard InChI is InChI=1S/C10H20N4OS/c1-4-5-14-10(8(13-11)7-16-3)9(15-2)6-12-14/h6,8,13H,4-5,7,11H2,1-3H3. The summed E-state index contributed by atoms with van der Waals surface area (Å²) in [6.07, 6.45) is 4.83. The van der Waals surface area contributed by atoms with Crippen LogP contribution in [0.1, 0.15) is 25.1 Å². The predicted octanol–water partition coefficient (Wildman–Crippen LogP) is 1.17. The van der Waals surface area contributed by atoms with Crippen molar-refractivity contribution in [3.63, 3.8) is 0 Å². The second-order valence-electron chi connectivity index (χ2n) is 3.50. The van der Waals surface area contributed by atoms with Crippen molar-refractivity contribution in [3.05, 3.63) is 11.9 Å². The van der Waals surface area contributed by atoms with Gasteiger partial charge in [0.25, 0.3) is 0 Å². The van der Waals surface area contributed by atoms with Crippen molar-refractivity contribution in [2.24, 2.45) is 5.84 Å². The topological polar surface area (TPSA) is 65.1 Å². The molecule has 1 aromatic heterocycles. The third-order valence-electron chi connectivity index (χ3n) is 2.36. The number of aryl methyl sites for hydroxylation is 1. The molecule has 0 spiro atoms. The summed E-state index contributed by atoms with van der Waals surface area (Å²) in [5.74, 6) is 7.27. The molecule has 3 N–H and O–H groups in total. The van der Waals surface area contributed by atoms with Crippen LogP contribution in [-0.4, -0.2) is 28.9 Å². The van der Waals surface area contributed by atoms with Gasteiger partial charge in [-0.2, -0.15) is 16.9 Å². The van der Waals surface area contributed by atoms with E-state index in [2.05, 4.69) is 23.7 Å². The number of thioether (sulfide) groups is 1. The van der Waals surface area contributed by atoms with Gasteiger partial charge in [-0.05, 0) is 12.7 Å². The molecule has 0 aliphatic heterocycles. The molecule has 0 aliphatic rings. The van der Waals surface area contributed by atoms with E-state index in [9.17, 15) is 0 Å². The first-order valence-corrected chi connectivity index (χ1v) is 6.72. The van der Waals surface area contributed by atoms with Crippen LogP contribution in [0.5, 0.6) is 5.75 Å². The van der Waals surface area contributed by atoms with Gasteiger partial charge in [0, 0.05) is 12.3 Å². The second-order valence-corrected chi connectivity index (χ2v) is 4.41. The Bertz CT molecular complexity index is 316. The van der Waals surface area contributed by atoms with Crippen LogP contribution in [0.2, 0.25) is 0 Å². The third kappa shape index (κ3) is 2.90. The molecule has 1 atom stereocenters. The maximum absolute atomic E-state index is 5.58. The quantitative estimate of drug-likeness (QED) is 0.557. The normalized spacial score (nSPS) is 12.8. The molecule has 92 valence electrons. The highest BCUT2D eigenvalue weighted by Gasteiger charge is 2.20. The van der Waals surface area contributed by atoms with Crippen molar-refractivity contribution in [2.45, 2.75) is 25.9 Å². The Balaban J connectivity index is 2.99. The van der Waals surface area contributed by atoms with E-state index in [1.54, 1.807) is 25.1 Å². The molecule has 1 aromatic rings. The van der Waals surface area contributed by atoms with Gasteiger partial charge < -0.3 is 4.74 Å². The van der Waals surface area contributed by atoms with Crippen LogP contribution in [0.4, 0.5) is 0 Å². The number of methoxy groups -OCH3 is 1. The summed E-state index contributed by atoms with van der Waals surface area (Å²) >= 11 is 1.74. The van der Waals surface area contributed by atoms with Crippen LogP contribution in [0.25, 0.3) is 0 Å². The molecular formula is C10H20N4OS. The number of ether oxygens (including phenoxy) is 1. The van der Waals surface area contributed by atoms with Crippen LogP contribution in [0.3, 0.4) is 0 Å². The van der Waals surface area contributed by atoms with E-state index in [1.165, 1.54) is 0 Å². The highest BCUT2D eigenvalue weighted by molar-refractivity contribution is 7.98. The van der Waals surface area contributed by atoms with Crippen molar-refractivity contribution in [3.8, 4) is 5.75 Å². The van der Waals surface area contributed by atoms with Gasteiger partial charge in [0.15, 0.2) is 5.75 Å². The van der Waals surface area contributed by atoms with Crippen LogP contribution in [0.15, 0.2) is 6.20 Å². The van der Waals surface area contributed by atoms with Crippen LogP contribution in [0, 0.1) is 0 Å².